The van der Waals surface area contributed by atoms with Crippen LogP contribution in [-0.2, 0) is 6.18 Å². The number of hydrogen-bond donors (Lipinski definition) is 1. The first-order valence-corrected chi connectivity index (χ1v) is 5.53. The van der Waals surface area contributed by atoms with E-state index in [1.807, 2.05) is 0 Å². The Morgan fingerprint density at radius 3 is 2.37 bits per heavy atom. The molecule has 0 saturated carbocycles. The first-order valence-electron chi connectivity index (χ1n) is 5.53. The van der Waals surface area contributed by atoms with Crippen LogP contribution in [0.25, 0.3) is 11.1 Å². The summed E-state index contributed by atoms with van der Waals surface area (Å²) in [5, 5.41) is 0. The molecule has 0 aliphatic carbocycles. The Balaban J connectivity index is 2.59. The molecular weight excluding hydrogens is 255 g/mol. The van der Waals surface area contributed by atoms with Crippen LogP contribution in [0.4, 0.5) is 18.9 Å². The Hall–Kier alpha value is -2.17. The lowest BCUT2D eigenvalue weighted by molar-refractivity contribution is -0.137. The van der Waals surface area contributed by atoms with Gasteiger partial charge in [-0.3, -0.25) is 0 Å². The van der Waals surface area contributed by atoms with E-state index in [0.29, 0.717) is 17.0 Å². The fraction of sp³-hybridized carbons (Fsp3) is 0.143. The fourth-order valence-electron chi connectivity index (χ4n) is 1.86. The lowest BCUT2D eigenvalue weighted by atomic mass is 9.99. The summed E-state index contributed by atoms with van der Waals surface area (Å²) in [6.45, 7) is 0. The van der Waals surface area contributed by atoms with Crippen LogP contribution < -0.4 is 10.5 Å². The van der Waals surface area contributed by atoms with Crippen molar-refractivity contribution in [3.05, 3.63) is 48.0 Å². The molecule has 0 fully saturated rings. The number of anilines is 1. The Morgan fingerprint density at radius 1 is 1.05 bits per heavy atom. The minimum atomic E-state index is -4.40. The van der Waals surface area contributed by atoms with E-state index in [0.717, 1.165) is 6.07 Å². The highest BCUT2D eigenvalue weighted by atomic mass is 19.4. The number of benzene rings is 2. The van der Waals surface area contributed by atoms with Gasteiger partial charge in [-0.2, -0.15) is 13.2 Å². The topological polar surface area (TPSA) is 35.2 Å². The second-order valence-corrected chi connectivity index (χ2v) is 4.00. The normalized spacial score (nSPS) is 11.4. The molecule has 2 aromatic carbocycles. The average molecular weight is 267 g/mol. The van der Waals surface area contributed by atoms with E-state index in [1.54, 1.807) is 12.1 Å². The summed E-state index contributed by atoms with van der Waals surface area (Å²) < 4.78 is 43.8. The zero-order valence-electron chi connectivity index (χ0n) is 10.2. The van der Waals surface area contributed by atoms with Crippen molar-refractivity contribution in [3.8, 4) is 16.9 Å². The van der Waals surface area contributed by atoms with Crippen LogP contribution in [-0.4, -0.2) is 7.11 Å². The number of methoxy groups -OCH3 is 1. The van der Waals surface area contributed by atoms with E-state index in [9.17, 15) is 13.2 Å². The van der Waals surface area contributed by atoms with Crippen LogP contribution in [0, 0.1) is 0 Å². The van der Waals surface area contributed by atoms with Gasteiger partial charge in [0.2, 0.25) is 0 Å². The van der Waals surface area contributed by atoms with Gasteiger partial charge in [0.15, 0.2) is 0 Å². The largest absolute Gasteiger partial charge is 0.495 e. The standard InChI is InChI=1S/C14H12F3NO/c1-19-13-8-9(6-7-12(13)18)10-4-2-3-5-11(10)14(15,16)17/h2-8H,18H2,1H3. The van der Waals surface area contributed by atoms with E-state index in [1.165, 1.54) is 31.4 Å². The summed E-state index contributed by atoms with van der Waals surface area (Å²) in [6, 6.07) is 9.98. The van der Waals surface area contributed by atoms with E-state index >= 15 is 0 Å². The molecule has 0 aromatic heterocycles. The summed E-state index contributed by atoms with van der Waals surface area (Å²) >= 11 is 0. The third-order valence-electron chi connectivity index (χ3n) is 2.78. The summed E-state index contributed by atoms with van der Waals surface area (Å²) in [4.78, 5) is 0. The van der Waals surface area contributed by atoms with Crippen LogP contribution in [0.5, 0.6) is 5.75 Å². The number of ether oxygens (including phenoxy) is 1. The van der Waals surface area contributed by atoms with E-state index in [2.05, 4.69) is 0 Å². The van der Waals surface area contributed by atoms with E-state index in [4.69, 9.17) is 10.5 Å². The molecule has 0 aliphatic rings. The molecule has 0 spiro atoms. The van der Waals surface area contributed by atoms with Gasteiger partial charge >= 0.3 is 6.18 Å². The smallest absolute Gasteiger partial charge is 0.417 e. The third kappa shape index (κ3) is 2.65. The van der Waals surface area contributed by atoms with Crippen LogP contribution in [0.3, 0.4) is 0 Å². The van der Waals surface area contributed by atoms with Crippen molar-refractivity contribution in [1.29, 1.82) is 0 Å². The molecular formula is C14H12F3NO. The van der Waals surface area contributed by atoms with Gasteiger partial charge in [-0.05, 0) is 29.3 Å². The fourth-order valence-corrected chi connectivity index (χ4v) is 1.86. The molecule has 0 bridgehead atoms. The summed E-state index contributed by atoms with van der Waals surface area (Å²) in [7, 11) is 1.42. The Morgan fingerprint density at radius 2 is 1.74 bits per heavy atom. The molecule has 2 aromatic rings. The van der Waals surface area contributed by atoms with Crippen LogP contribution in [0.2, 0.25) is 0 Å². The molecule has 19 heavy (non-hydrogen) atoms. The lowest BCUT2D eigenvalue weighted by Gasteiger charge is -2.14. The van der Waals surface area contributed by atoms with Gasteiger partial charge in [-0.15, -0.1) is 0 Å². The predicted molar refractivity (Wildman–Crippen MR) is 67.8 cm³/mol. The second kappa shape index (κ2) is 4.84. The van der Waals surface area contributed by atoms with Crippen molar-refractivity contribution < 1.29 is 17.9 Å². The van der Waals surface area contributed by atoms with Crippen LogP contribution in [0.1, 0.15) is 5.56 Å². The van der Waals surface area contributed by atoms with Crippen molar-refractivity contribution in [2.75, 3.05) is 12.8 Å². The molecule has 0 atom stereocenters. The summed E-state index contributed by atoms with van der Waals surface area (Å²) in [6.07, 6.45) is -4.40. The van der Waals surface area contributed by atoms with Crippen molar-refractivity contribution >= 4 is 5.69 Å². The summed E-state index contributed by atoms with van der Waals surface area (Å²) in [5.74, 6) is 0.356. The maximum atomic E-state index is 12.9. The zero-order chi connectivity index (χ0) is 14.0. The van der Waals surface area contributed by atoms with Crippen molar-refractivity contribution in [2.45, 2.75) is 6.18 Å². The van der Waals surface area contributed by atoms with Gasteiger partial charge < -0.3 is 10.5 Å². The highest BCUT2D eigenvalue weighted by molar-refractivity contribution is 5.72. The van der Waals surface area contributed by atoms with E-state index < -0.39 is 11.7 Å². The monoisotopic (exact) mass is 267 g/mol. The number of nitrogens with two attached hydrogens (primary N) is 1. The molecule has 2 rings (SSSR count). The predicted octanol–water partition coefficient (Wildman–Crippen LogP) is 3.96. The van der Waals surface area contributed by atoms with Gasteiger partial charge in [0, 0.05) is 0 Å². The average Bonchev–Trinajstić information content (AvgIpc) is 2.38. The summed E-state index contributed by atoms with van der Waals surface area (Å²) in [5.41, 5.74) is 5.88. The first-order chi connectivity index (χ1) is 8.93. The Labute approximate surface area is 108 Å². The van der Waals surface area contributed by atoms with Crippen LogP contribution in [0.15, 0.2) is 42.5 Å². The number of alkyl halides is 3. The third-order valence-corrected chi connectivity index (χ3v) is 2.78. The highest BCUT2D eigenvalue weighted by Crippen LogP contribution is 2.38. The van der Waals surface area contributed by atoms with Crippen LogP contribution >= 0.6 is 0 Å². The number of nitrogen functional groups attached to an aromatic ring is 1. The van der Waals surface area contributed by atoms with Gasteiger partial charge in [0.25, 0.3) is 0 Å². The molecule has 0 aliphatic heterocycles. The van der Waals surface area contributed by atoms with Gasteiger partial charge in [0.05, 0.1) is 18.4 Å². The maximum Gasteiger partial charge on any atom is 0.417 e. The number of halogens is 3. The minimum Gasteiger partial charge on any atom is -0.495 e. The maximum absolute atomic E-state index is 12.9. The molecule has 0 radical (unpaired) electrons. The number of rotatable bonds is 2. The molecule has 100 valence electrons. The number of hydrogen-bond acceptors (Lipinski definition) is 2. The lowest BCUT2D eigenvalue weighted by Crippen LogP contribution is -2.07. The Bertz CT molecular complexity index is 593. The molecule has 0 saturated heterocycles. The first kappa shape index (κ1) is 13.3. The van der Waals surface area contributed by atoms with Crippen molar-refractivity contribution in [2.24, 2.45) is 0 Å². The molecule has 0 unspecified atom stereocenters. The molecule has 2 N–H and O–H groups in total. The van der Waals surface area contributed by atoms with Crippen molar-refractivity contribution in [1.82, 2.24) is 0 Å². The van der Waals surface area contributed by atoms with Gasteiger partial charge in [-0.1, -0.05) is 24.3 Å². The molecule has 0 heterocycles. The van der Waals surface area contributed by atoms with Gasteiger partial charge in [0.1, 0.15) is 5.75 Å². The second-order valence-electron chi connectivity index (χ2n) is 4.00. The van der Waals surface area contributed by atoms with Gasteiger partial charge in [-0.25, -0.2) is 0 Å². The van der Waals surface area contributed by atoms with E-state index in [-0.39, 0.29) is 5.56 Å². The van der Waals surface area contributed by atoms with Crippen molar-refractivity contribution in [3.63, 3.8) is 0 Å². The molecule has 0 amide bonds. The molecule has 5 heteroatoms. The Kier molecular flexibility index (Phi) is 3.38. The molecule has 2 nitrogen and oxygen atoms in total. The minimum absolute atomic E-state index is 0.105. The highest BCUT2D eigenvalue weighted by Gasteiger charge is 2.33. The quantitative estimate of drug-likeness (QED) is 0.836. The SMILES string of the molecule is COc1cc(-c2ccccc2C(F)(F)F)ccc1N. The zero-order valence-corrected chi connectivity index (χ0v) is 10.2.